The van der Waals surface area contributed by atoms with Gasteiger partial charge in [-0.2, -0.15) is 0 Å². The Morgan fingerprint density at radius 1 is 1.39 bits per heavy atom. The molecular formula is C19H17N3O. The van der Waals surface area contributed by atoms with Crippen LogP contribution in [0.25, 0.3) is 10.9 Å². The van der Waals surface area contributed by atoms with Gasteiger partial charge in [0.15, 0.2) is 0 Å². The lowest BCUT2D eigenvalue weighted by Gasteiger charge is -2.15. The van der Waals surface area contributed by atoms with Crippen molar-refractivity contribution in [2.24, 2.45) is 0 Å². The summed E-state index contributed by atoms with van der Waals surface area (Å²) in [5.41, 5.74) is 4.71. The van der Waals surface area contributed by atoms with Crippen LogP contribution in [0.3, 0.4) is 0 Å². The van der Waals surface area contributed by atoms with Crippen LogP contribution in [0.1, 0.15) is 17.5 Å². The average molecular weight is 303 g/mol. The van der Waals surface area contributed by atoms with Crippen molar-refractivity contribution < 1.29 is 4.74 Å². The summed E-state index contributed by atoms with van der Waals surface area (Å²) in [7, 11) is 2.11. The van der Waals surface area contributed by atoms with Crippen molar-refractivity contribution in [3.8, 4) is 6.07 Å². The Morgan fingerprint density at radius 2 is 2.26 bits per heavy atom. The highest BCUT2D eigenvalue weighted by atomic mass is 16.5. The number of ether oxygens (including phenoxy) is 1. The molecule has 0 saturated carbocycles. The maximum Gasteiger partial charge on any atom is 0.265 e. The van der Waals surface area contributed by atoms with Gasteiger partial charge < -0.3 is 9.64 Å². The van der Waals surface area contributed by atoms with Gasteiger partial charge in [-0.15, -0.1) is 0 Å². The van der Waals surface area contributed by atoms with E-state index in [2.05, 4.69) is 35.0 Å². The predicted molar refractivity (Wildman–Crippen MR) is 90.3 cm³/mol. The molecule has 2 aliphatic heterocycles. The number of nitrogens with zero attached hydrogens (tertiary/aromatic N) is 3. The fourth-order valence-corrected chi connectivity index (χ4v) is 2.88. The van der Waals surface area contributed by atoms with Crippen LogP contribution in [0.15, 0.2) is 47.4 Å². The lowest BCUT2D eigenvalue weighted by Crippen LogP contribution is -2.12. The third-order valence-corrected chi connectivity index (χ3v) is 4.15. The maximum absolute atomic E-state index is 8.97. The molecule has 0 N–H and O–H groups in total. The van der Waals surface area contributed by atoms with E-state index in [1.807, 2.05) is 18.2 Å². The zero-order valence-corrected chi connectivity index (χ0v) is 13.0. The standard InChI is InChI=1S/C19H17N3O/c1-21-18(13-20)15-8-10-23-17(12-15)5-3-14-4-6-19-16(11-14)7-9-22(19)2/h3-6,11-12H,7-10H2,2H3/b5-3+,18-15-. The van der Waals surface area contributed by atoms with E-state index in [0.29, 0.717) is 18.8 Å². The fourth-order valence-electron chi connectivity index (χ4n) is 2.88. The molecule has 0 aliphatic carbocycles. The molecule has 0 bridgehead atoms. The average Bonchev–Trinajstić information content (AvgIpc) is 2.95. The summed E-state index contributed by atoms with van der Waals surface area (Å²) in [5, 5.41) is 8.97. The van der Waals surface area contributed by atoms with Crippen molar-refractivity contribution in [2.45, 2.75) is 12.8 Å². The second-order valence-corrected chi connectivity index (χ2v) is 5.64. The number of anilines is 1. The van der Waals surface area contributed by atoms with Crippen LogP contribution < -0.4 is 4.90 Å². The van der Waals surface area contributed by atoms with E-state index >= 15 is 0 Å². The van der Waals surface area contributed by atoms with Gasteiger partial charge in [0.05, 0.1) is 19.2 Å². The molecule has 0 aromatic heterocycles. The molecule has 0 radical (unpaired) electrons. The number of hydrogen-bond donors (Lipinski definition) is 0. The van der Waals surface area contributed by atoms with Crippen LogP contribution in [-0.4, -0.2) is 20.2 Å². The summed E-state index contributed by atoms with van der Waals surface area (Å²) in [4.78, 5) is 5.53. The molecule has 0 unspecified atom stereocenters. The largest absolute Gasteiger partial charge is 0.493 e. The molecule has 0 saturated heterocycles. The van der Waals surface area contributed by atoms with E-state index in [1.165, 1.54) is 11.3 Å². The molecule has 2 heterocycles. The SMILES string of the molecule is [C-]#[N+]/C(C#N)=C1C=C(/C=C/c2ccc3c(c2)CCN3C)OCC\1. The number of hydrogen-bond acceptors (Lipinski definition) is 3. The third kappa shape index (κ3) is 3.12. The summed E-state index contributed by atoms with van der Waals surface area (Å²) in [6.45, 7) is 8.61. The topological polar surface area (TPSA) is 40.6 Å². The molecule has 0 fully saturated rings. The Labute approximate surface area is 136 Å². The molecule has 0 amide bonds. The van der Waals surface area contributed by atoms with Gasteiger partial charge in [0.25, 0.3) is 5.70 Å². The first-order chi connectivity index (χ1) is 11.2. The van der Waals surface area contributed by atoms with Crippen molar-refractivity contribution in [1.82, 2.24) is 0 Å². The fraction of sp³-hybridized carbons (Fsp3) is 0.263. The third-order valence-electron chi connectivity index (χ3n) is 4.15. The van der Waals surface area contributed by atoms with E-state index < -0.39 is 0 Å². The summed E-state index contributed by atoms with van der Waals surface area (Å²) in [6, 6.07) is 8.39. The Hall–Kier alpha value is -2.98. The number of rotatable bonds is 2. The number of fused-ring (bicyclic) bond motifs is 1. The number of likely N-dealkylation sites (N-methyl/N-ethyl adjacent to an activating group) is 1. The monoisotopic (exact) mass is 303 g/mol. The van der Waals surface area contributed by atoms with Crippen molar-refractivity contribution in [3.05, 3.63) is 69.9 Å². The van der Waals surface area contributed by atoms with Crippen molar-refractivity contribution in [3.63, 3.8) is 0 Å². The normalized spacial score (nSPS) is 18.7. The molecule has 0 spiro atoms. The van der Waals surface area contributed by atoms with Crippen LogP contribution >= 0.6 is 0 Å². The zero-order valence-electron chi connectivity index (χ0n) is 13.0. The lowest BCUT2D eigenvalue weighted by molar-refractivity contribution is 0.219. The smallest absolute Gasteiger partial charge is 0.265 e. The number of benzene rings is 1. The van der Waals surface area contributed by atoms with Crippen LogP contribution in [0.5, 0.6) is 0 Å². The minimum absolute atomic E-state index is 0.153. The lowest BCUT2D eigenvalue weighted by atomic mass is 10.1. The molecule has 4 nitrogen and oxygen atoms in total. The Bertz CT molecular complexity index is 787. The highest BCUT2D eigenvalue weighted by molar-refractivity contribution is 5.64. The van der Waals surface area contributed by atoms with E-state index in [9.17, 15) is 0 Å². The quantitative estimate of drug-likeness (QED) is 0.618. The molecule has 1 aromatic carbocycles. The van der Waals surface area contributed by atoms with Crippen LogP contribution in [0, 0.1) is 17.9 Å². The summed E-state index contributed by atoms with van der Waals surface area (Å²) < 4.78 is 5.60. The zero-order chi connectivity index (χ0) is 16.2. The van der Waals surface area contributed by atoms with Gasteiger partial charge in [-0.1, -0.05) is 12.1 Å². The summed E-state index contributed by atoms with van der Waals surface area (Å²) in [5.74, 6) is 0.695. The minimum atomic E-state index is 0.153. The highest BCUT2D eigenvalue weighted by Crippen LogP contribution is 2.28. The number of nitriles is 1. The van der Waals surface area contributed by atoms with Crippen LogP contribution in [0.4, 0.5) is 5.69 Å². The highest BCUT2D eigenvalue weighted by Gasteiger charge is 2.15. The predicted octanol–water partition coefficient (Wildman–Crippen LogP) is 3.69. The van der Waals surface area contributed by atoms with Crippen molar-refractivity contribution >= 4 is 11.8 Å². The van der Waals surface area contributed by atoms with E-state index in [1.54, 1.807) is 6.08 Å². The molecular weight excluding hydrogens is 286 g/mol. The summed E-state index contributed by atoms with van der Waals surface area (Å²) >= 11 is 0. The Kier molecular flexibility index (Phi) is 4.17. The minimum Gasteiger partial charge on any atom is -0.493 e. The Balaban J connectivity index is 1.82. The van der Waals surface area contributed by atoms with Gasteiger partial charge in [-0.25, -0.2) is 10.1 Å². The molecule has 114 valence electrons. The van der Waals surface area contributed by atoms with Gasteiger partial charge >= 0.3 is 0 Å². The number of allylic oxidation sites excluding steroid dienone is 3. The maximum atomic E-state index is 8.97. The first-order valence-corrected chi connectivity index (χ1v) is 7.58. The first kappa shape index (κ1) is 14.9. The van der Waals surface area contributed by atoms with Crippen molar-refractivity contribution in [2.75, 3.05) is 25.1 Å². The summed E-state index contributed by atoms with van der Waals surface area (Å²) in [6.07, 6.45) is 7.39. The van der Waals surface area contributed by atoms with Gasteiger partial charge in [-0.3, -0.25) is 0 Å². The molecule has 0 atom stereocenters. The second-order valence-electron chi connectivity index (χ2n) is 5.64. The van der Waals surface area contributed by atoms with Gasteiger partial charge in [0, 0.05) is 19.3 Å². The molecule has 2 aliphatic rings. The van der Waals surface area contributed by atoms with Crippen molar-refractivity contribution in [1.29, 1.82) is 5.26 Å². The van der Waals surface area contributed by atoms with Gasteiger partial charge in [0.1, 0.15) is 5.76 Å². The molecule has 1 aromatic rings. The van der Waals surface area contributed by atoms with E-state index in [0.717, 1.165) is 24.1 Å². The second kappa shape index (κ2) is 6.42. The van der Waals surface area contributed by atoms with Gasteiger partial charge in [0.2, 0.25) is 0 Å². The van der Waals surface area contributed by atoms with E-state index in [-0.39, 0.29) is 5.70 Å². The van der Waals surface area contributed by atoms with Crippen LogP contribution in [-0.2, 0) is 11.2 Å². The van der Waals surface area contributed by atoms with E-state index in [4.69, 9.17) is 16.6 Å². The molecule has 3 rings (SSSR count). The first-order valence-electron chi connectivity index (χ1n) is 7.58. The molecule has 23 heavy (non-hydrogen) atoms. The van der Waals surface area contributed by atoms with Crippen LogP contribution in [0.2, 0.25) is 0 Å². The molecule has 4 heteroatoms. The Morgan fingerprint density at radius 3 is 3.04 bits per heavy atom. The van der Waals surface area contributed by atoms with Gasteiger partial charge in [-0.05, 0) is 53.8 Å².